The highest BCUT2D eigenvalue weighted by molar-refractivity contribution is 5.19. The van der Waals surface area contributed by atoms with Crippen LogP contribution in [0, 0.1) is 0 Å². The van der Waals surface area contributed by atoms with Crippen molar-refractivity contribution in [3.8, 4) is 0 Å². The summed E-state index contributed by atoms with van der Waals surface area (Å²) in [6.07, 6.45) is 2.64. The fourth-order valence-electron chi connectivity index (χ4n) is 2.92. The van der Waals surface area contributed by atoms with Crippen molar-refractivity contribution in [1.29, 1.82) is 0 Å². The molecule has 0 radical (unpaired) electrons. The Kier molecular flexibility index (Phi) is 4.75. The van der Waals surface area contributed by atoms with Crippen molar-refractivity contribution in [2.24, 2.45) is 5.73 Å². The van der Waals surface area contributed by atoms with E-state index in [1.807, 2.05) is 0 Å². The molecule has 1 saturated heterocycles. The maximum Gasteiger partial charge on any atom is 0.0468 e. The van der Waals surface area contributed by atoms with Crippen molar-refractivity contribution in [2.75, 3.05) is 33.7 Å². The number of hydrogen-bond donors (Lipinski definition) is 1. The van der Waals surface area contributed by atoms with Gasteiger partial charge in [-0.05, 0) is 39.0 Å². The van der Waals surface area contributed by atoms with Gasteiger partial charge in [-0.15, -0.1) is 0 Å². The van der Waals surface area contributed by atoms with E-state index in [-0.39, 0.29) is 0 Å². The second kappa shape index (κ2) is 6.32. The standard InChI is InChI=1S/C15H25N3/c1-17-10-6-9-14(17)12-18(2)15(11-16)13-7-4-3-5-8-13/h3-5,7-8,14-15H,6,9-12,16H2,1-2H3. The molecule has 0 bridgehead atoms. The first kappa shape index (κ1) is 13.5. The van der Waals surface area contributed by atoms with Gasteiger partial charge in [0.15, 0.2) is 0 Å². The molecule has 0 aromatic heterocycles. The van der Waals surface area contributed by atoms with Crippen LogP contribution in [0.3, 0.4) is 0 Å². The van der Waals surface area contributed by atoms with Gasteiger partial charge in [-0.2, -0.15) is 0 Å². The predicted molar refractivity (Wildman–Crippen MR) is 76.5 cm³/mol. The van der Waals surface area contributed by atoms with E-state index in [4.69, 9.17) is 5.73 Å². The third kappa shape index (κ3) is 3.10. The molecule has 18 heavy (non-hydrogen) atoms. The van der Waals surface area contributed by atoms with Crippen molar-refractivity contribution >= 4 is 0 Å². The highest BCUT2D eigenvalue weighted by atomic mass is 15.2. The average Bonchev–Trinajstić information content (AvgIpc) is 2.77. The number of hydrogen-bond acceptors (Lipinski definition) is 3. The number of nitrogens with two attached hydrogens (primary N) is 1. The molecule has 0 spiro atoms. The second-order valence-corrected chi connectivity index (χ2v) is 5.38. The van der Waals surface area contributed by atoms with Gasteiger partial charge in [0.05, 0.1) is 0 Å². The topological polar surface area (TPSA) is 32.5 Å². The quantitative estimate of drug-likeness (QED) is 0.860. The Morgan fingerprint density at radius 1 is 1.39 bits per heavy atom. The average molecular weight is 247 g/mol. The molecule has 1 aromatic rings. The first-order chi connectivity index (χ1) is 8.72. The molecule has 2 N–H and O–H groups in total. The molecule has 3 heteroatoms. The zero-order chi connectivity index (χ0) is 13.0. The SMILES string of the molecule is CN1CCCC1CN(C)C(CN)c1ccccc1. The third-order valence-electron chi connectivity index (χ3n) is 4.11. The lowest BCUT2D eigenvalue weighted by Gasteiger charge is -2.32. The van der Waals surface area contributed by atoms with Gasteiger partial charge in [0, 0.05) is 25.2 Å². The number of nitrogens with zero attached hydrogens (tertiary/aromatic N) is 2. The van der Waals surface area contributed by atoms with Crippen molar-refractivity contribution in [3.63, 3.8) is 0 Å². The van der Waals surface area contributed by atoms with Crippen LogP contribution in [0.25, 0.3) is 0 Å². The van der Waals surface area contributed by atoms with E-state index < -0.39 is 0 Å². The molecule has 100 valence electrons. The molecular formula is C15H25N3. The van der Waals surface area contributed by atoms with Gasteiger partial charge in [0.1, 0.15) is 0 Å². The van der Waals surface area contributed by atoms with E-state index in [0.29, 0.717) is 18.6 Å². The summed E-state index contributed by atoms with van der Waals surface area (Å²) < 4.78 is 0. The molecule has 3 nitrogen and oxygen atoms in total. The molecule has 0 amide bonds. The summed E-state index contributed by atoms with van der Waals surface area (Å²) in [5, 5.41) is 0. The van der Waals surface area contributed by atoms with Crippen LogP contribution in [0.1, 0.15) is 24.4 Å². The lowest BCUT2D eigenvalue weighted by Crippen LogP contribution is -2.40. The van der Waals surface area contributed by atoms with Crippen LogP contribution in [0.4, 0.5) is 0 Å². The van der Waals surface area contributed by atoms with Gasteiger partial charge in [-0.25, -0.2) is 0 Å². The number of benzene rings is 1. The molecule has 1 fully saturated rings. The Balaban J connectivity index is 1.99. The molecule has 1 aliphatic rings. The third-order valence-corrected chi connectivity index (χ3v) is 4.11. The van der Waals surface area contributed by atoms with Gasteiger partial charge >= 0.3 is 0 Å². The van der Waals surface area contributed by atoms with E-state index >= 15 is 0 Å². The molecular weight excluding hydrogens is 222 g/mol. The van der Waals surface area contributed by atoms with E-state index in [2.05, 4.69) is 54.2 Å². The highest BCUT2D eigenvalue weighted by Gasteiger charge is 2.25. The molecule has 0 saturated carbocycles. The van der Waals surface area contributed by atoms with Crippen LogP contribution in [0.15, 0.2) is 30.3 Å². The smallest absolute Gasteiger partial charge is 0.0468 e. The van der Waals surface area contributed by atoms with Gasteiger partial charge < -0.3 is 10.6 Å². The fraction of sp³-hybridized carbons (Fsp3) is 0.600. The van der Waals surface area contributed by atoms with Crippen molar-refractivity contribution in [3.05, 3.63) is 35.9 Å². The first-order valence-electron chi connectivity index (χ1n) is 6.88. The Hall–Kier alpha value is -0.900. The largest absolute Gasteiger partial charge is 0.329 e. The summed E-state index contributed by atoms with van der Waals surface area (Å²) in [6, 6.07) is 11.6. The molecule has 2 atom stereocenters. The van der Waals surface area contributed by atoms with E-state index in [9.17, 15) is 0 Å². The number of likely N-dealkylation sites (tertiary alicyclic amines) is 1. The lowest BCUT2D eigenvalue weighted by atomic mass is 10.0. The van der Waals surface area contributed by atoms with Gasteiger partial charge in [0.2, 0.25) is 0 Å². The van der Waals surface area contributed by atoms with Crippen molar-refractivity contribution in [1.82, 2.24) is 9.80 Å². The molecule has 1 aliphatic heterocycles. The van der Waals surface area contributed by atoms with E-state index in [1.165, 1.54) is 24.9 Å². The van der Waals surface area contributed by atoms with Gasteiger partial charge in [0.25, 0.3) is 0 Å². The number of rotatable bonds is 5. The normalized spacial score (nSPS) is 22.6. The van der Waals surface area contributed by atoms with Crippen LogP contribution in [0.5, 0.6) is 0 Å². The molecule has 2 rings (SSSR count). The Morgan fingerprint density at radius 3 is 2.67 bits per heavy atom. The monoisotopic (exact) mass is 247 g/mol. The van der Waals surface area contributed by atoms with Crippen LogP contribution in [0.2, 0.25) is 0 Å². The van der Waals surface area contributed by atoms with Crippen LogP contribution >= 0.6 is 0 Å². The maximum absolute atomic E-state index is 5.96. The zero-order valence-electron chi connectivity index (χ0n) is 11.5. The minimum absolute atomic E-state index is 0.334. The number of likely N-dealkylation sites (N-methyl/N-ethyl adjacent to an activating group) is 2. The minimum atomic E-state index is 0.334. The summed E-state index contributed by atoms with van der Waals surface area (Å²) in [7, 11) is 4.42. The fourth-order valence-corrected chi connectivity index (χ4v) is 2.92. The predicted octanol–water partition coefficient (Wildman–Crippen LogP) is 1.71. The Morgan fingerprint density at radius 2 is 2.11 bits per heavy atom. The summed E-state index contributed by atoms with van der Waals surface area (Å²) in [5.74, 6) is 0. The summed E-state index contributed by atoms with van der Waals surface area (Å²) in [4.78, 5) is 4.87. The lowest BCUT2D eigenvalue weighted by molar-refractivity contribution is 0.179. The van der Waals surface area contributed by atoms with Crippen LogP contribution < -0.4 is 5.73 Å². The highest BCUT2D eigenvalue weighted by Crippen LogP contribution is 2.22. The van der Waals surface area contributed by atoms with Crippen molar-refractivity contribution < 1.29 is 0 Å². The minimum Gasteiger partial charge on any atom is -0.329 e. The Labute approximate surface area is 111 Å². The molecule has 2 unspecified atom stereocenters. The van der Waals surface area contributed by atoms with E-state index in [1.54, 1.807) is 0 Å². The first-order valence-corrected chi connectivity index (χ1v) is 6.88. The van der Waals surface area contributed by atoms with E-state index in [0.717, 1.165) is 6.54 Å². The zero-order valence-corrected chi connectivity index (χ0v) is 11.5. The van der Waals surface area contributed by atoms with Gasteiger partial charge in [-0.3, -0.25) is 4.90 Å². The molecule has 1 aromatic carbocycles. The summed E-state index contributed by atoms with van der Waals surface area (Å²) in [5.41, 5.74) is 7.28. The molecule has 0 aliphatic carbocycles. The summed E-state index contributed by atoms with van der Waals surface area (Å²) >= 11 is 0. The van der Waals surface area contributed by atoms with Crippen LogP contribution in [-0.2, 0) is 0 Å². The van der Waals surface area contributed by atoms with Crippen molar-refractivity contribution in [2.45, 2.75) is 24.9 Å². The maximum atomic E-state index is 5.96. The summed E-state index contributed by atoms with van der Waals surface area (Å²) in [6.45, 7) is 3.02. The molecule has 1 heterocycles. The Bertz CT molecular complexity index is 352. The van der Waals surface area contributed by atoms with Gasteiger partial charge in [-0.1, -0.05) is 30.3 Å². The second-order valence-electron chi connectivity index (χ2n) is 5.38. The van der Waals surface area contributed by atoms with Crippen LogP contribution in [-0.4, -0.2) is 49.6 Å².